The minimum Gasteiger partial charge on any atom is -0.495 e. The topological polar surface area (TPSA) is 75.7 Å². The summed E-state index contributed by atoms with van der Waals surface area (Å²) in [5.74, 6) is -0.153. The van der Waals surface area contributed by atoms with Crippen molar-refractivity contribution in [1.29, 1.82) is 0 Å². The molecule has 2 aromatic rings. The van der Waals surface area contributed by atoms with Gasteiger partial charge in [0.15, 0.2) is 0 Å². The summed E-state index contributed by atoms with van der Waals surface area (Å²) < 4.78 is 30.7. The molecule has 0 aliphatic rings. The van der Waals surface area contributed by atoms with Crippen LogP contribution in [0.1, 0.15) is 12.5 Å². The monoisotopic (exact) mass is 396 g/mol. The van der Waals surface area contributed by atoms with Crippen LogP contribution in [0.5, 0.6) is 5.75 Å². The van der Waals surface area contributed by atoms with Gasteiger partial charge in [-0.2, -0.15) is 0 Å². The van der Waals surface area contributed by atoms with Crippen molar-refractivity contribution in [3.8, 4) is 5.75 Å². The second-order valence-corrected chi connectivity index (χ2v) is 7.99. The van der Waals surface area contributed by atoms with Crippen LogP contribution in [0.4, 0.5) is 11.4 Å². The molecule has 0 atom stereocenters. The number of amides is 1. The Hall–Kier alpha value is -2.25. The lowest BCUT2D eigenvalue weighted by atomic mass is 10.1. The molecule has 8 heteroatoms. The summed E-state index contributed by atoms with van der Waals surface area (Å²) in [7, 11) is -2.32. The fourth-order valence-corrected chi connectivity index (χ4v) is 3.53. The number of carbonyl (C=O) groups is 1. The fourth-order valence-electron chi connectivity index (χ4n) is 2.51. The van der Waals surface area contributed by atoms with E-state index in [9.17, 15) is 13.2 Å². The summed E-state index contributed by atoms with van der Waals surface area (Å²) in [4.78, 5) is 12.5. The number of hydrogen-bond acceptors (Lipinski definition) is 4. The van der Waals surface area contributed by atoms with Crippen LogP contribution in [0.15, 0.2) is 42.5 Å². The van der Waals surface area contributed by atoms with Crippen molar-refractivity contribution in [2.45, 2.75) is 13.3 Å². The van der Waals surface area contributed by atoms with Crippen molar-refractivity contribution >= 4 is 38.9 Å². The van der Waals surface area contributed by atoms with Crippen LogP contribution in [-0.4, -0.2) is 34.2 Å². The molecule has 6 nitrogen and oxygen atoms in total. The molecule has 1 amide bonds. The quantitative estimate of drug-likeness (QED) is 0.778. The fraction of sp³-hybridized carbons (Fsp3) is 0.278. The first kappa shape index (κ1) is 20.1. The predicted octanol–water partition coefficient (Wildman–Crippen LogP) is 3.32. The second kappa shape index (κ2) is 8.42. The first-order valence-electron chi connectivity index (χ1n) is 7.95. The first-order chi connectivity index (χ1) is 12.3. The third-order valence-electron chi connectivity index (χ3n) is 3.77. The molecule has 0 spiro atoms. The molecule has 0 aromatic heterocycles. The maximum Gasteiger partial charge on any atom is 0.245 e. The highest BCUT2D eigenvalue weighted by Crippen LogP contribution is 2.32. The van der Waals surface area contributed by atoms with Crippen LogP contribution in [0.25, 0.3) is 0 Å². The molecule has 2 rings (SSSR count). The van der Waals surface area contributed by atoms with E-state index >= 15 is 0 Å². The SMILES string of the molecule is CCc1ccccc1NC(=O)CN(c1cc(Cl)ccc1OC)S(C)(=O)=O. The van der Waals surface area contributed by atoms with Gasteiger partial charge in [0.05, 0.1) is 19.1 Å². The lowest BCUT2D eigenvalue weighted by Gasteiger charge is -2.24. The molecule has 2 aromatic carbocycles. The molecule has 1 N–H and O–H groups in total. The molecular formula is C18H21ClN2O4S. The van der Waals surface area contributed by atoms with E-state index in [0.29, 0.717) is 16.5 Å². The van der Waals surface area contributed by atoms with Gasteiger partial charge in [-0.15, -0.1) is 0 Å². The van der Waals surface area contributed by atoms with Crippen LogP contribution in [0, 0.1) is 0 Å². The van der Waals surface area contributed by atoms with Crippen LogP contribution in [0.3, 0.4) is 0 Å². The minimum absolute atomic E-state index is 0.210. The third-order valence-corrected chi connectivity index (χ3v) is 5.13. The van der Waals surface area contributed by atoms with Crippen LogP contribution >= 0.6 is 11.6 Å². The van der Waals surface area contributed by atoms with E-state index in [-0.39, 0.29) is 5.69 Å². The van der Waals surface area contributed by atoms with E-state index in [1.165, 1.54) is 13.2 Å². The number of rotatable bonds is 7. The summed E-state index contributed by atoms with van der Waals surface area (Å²) in [6.45, 7) is 1.58. The standard InChI is InChI=1S/C18H21ClN2O4S/c1-4-13-7-5-6-8-15(13)20-18(22)12-21(26(3,23)24)16-11-14(19)9-10-17(16)25-2/h5-11H,4,12H2,1-3H3,(H,20,22). The molecule has 0 radical (unpaired) electrons. The summed E-state index contributed by atoms with van der Waals surface area (Å²) in [5.41, 5.74) is 1.83. The molecule has 140 valence electrons. The Morgan fingerprint density at radius 2 is 1.92 bits per heavy atom. The number of halogens is 1. The minimum atomic E-state index is -3.74. The Morgan fingerprint density at radius 3 is 2.54 bits per heavy atom. The molecule has 0 aliphatic carbocycles. The zero-order valence-corrected chi connectivity index (χ0v) is 16.4. The number of ether oxygens (including phenoxy) is 1. The molecule has 0 bridgehead atoms. The molecular weight excluding hydrogens is 376 g/mol. The number of anilines is 2. The van der Waals surface area contributed by atoms with Gasteiger partial charge in [-0.3, -0.25) is 9.10 Å². The van der Waals surface area contributed by atoms with Gasteiger partial charge in [0, 0.05) is 10.7 Å². The van der Waals surface area contributed by atoms with Gasteiger partial charge in [-0.25, -0.2) is 8.42 Å². The Balaban J connectivity index is 2.32. The molecule has 0 heterocycles. The van der Waals surface area contributed by atoms with E-state index in [0.717, 1.165) is 22.5 Å². The average Bonchev–Trinajstić information content (AvgIpc) is 2.59. The van der Waals surface area contributed by atoms with Gasteiger partial charge in [-0.1, -0.05) is 36.7 Å². The van der Waals surface area contributed by atoms with Gasteiger partial charge in [0.25, 0.3) is 0 Å². The zero-order valence-electron chi connectivity index (χ0n) is 14.8. The number of nitrogens with one attached hydrogen (secondary N) is 1. The van der Waals surface area contributed by atoms with E-state index in [4.69, 9.17) is 16.3 Å². The average molecular weight is 397 g/mol. The van der Waals surface area contributed by atoms with Crippen molar-refractivity contribution in [3.05, 3.63) is 53.1 Å². The highest BCUT2D eigenvalue weighted by atomic mass is 35.5. The van der Waals surface area contributed by atoms with E-state index < -0.39 is 22.5 Å². The van der Waals surface area contributed by atoms with Crippen LogP contribution in [-0.2, 0) is 21.2 Å². The number of hydrogen-bond donors (Lipinski definition) is 1. The highest BCUT2D eigenvalue weighted by molar-refractivity contribution is 7.92. The van der Waals surface area contributed by atoms with Crippen molar-refractivity contribution in [2.24, 2.45) is 0 Å². The van der Waals surface area contributed by atoms with Gasteiger partial charge < -0.3 is 10.1 Å². The number of aryl methyl sites for hydroxylation is 1. The Morgan fingerprint density at radius 1 is 1.23 bits per heavy atom. The molecule has 0 saturated carbocycles. The van der Waals surface area contributed by atoms with E-state index in [1.807, 2.05) is 25.1 Å². The van der Waals surface area contributed by atoms with E-state index in [2.05, 4.69) is 5.32 Å². The summed E-state index contributed by atoms with van der Waals surface area (Å²) in [6, 6.07) is 12.0. The number of para-hydroxylation sites is 1. The lowest BCUT2D eigenvalue weighted by Crippen LogP contribution is -2.37. The van der Waals surface area contributed by atoms with Crippen molar-refractivity contribution in [1.82, 2.24) is 0 Å². The van der Waals surface area contributed by atoms with Crippen LogP contribution in [0.2, 0.25) is 5.02 Å². The number of carbonyl (C=O) groups excluding carboxylic acids is 1. The highest BCUT2D eigenvalue weighted by Gasteiger charge is 2.24. The number of nitrogens with zero attached hydrogens (tertiary/aromatic N) is 1. The summed E-state index contributed by atoms with van der Waals surface area (Å²) in [5, 5.41) is 3.11. The van der Waals surface area contributed by atoms with Gasteiger partial charge in [0.1, 0.15) is 12.3 Å². The van der Waals surface area contributed by atoms with Crippen molar-refractivity contribution < 1.29 is 17.9 Å². The Labute approximate surface area is 158 Å². The van der Waals surface area contributed by atoms with E-state index in [1.54, 1.807) is 18.2 Å². The summed E-state index contributed by atoms with van der Waals surface area (Å²) in [6.07, 6.45) is 1.77. The summed E-state index contributed by atoms with van der Waals surface area (Å²) >= 11 is 6.00. The second-order valence-electron chi connectivity index (χ2n) is 5.64. The smallest absolute Gasteiger partial charge is 0.245 e. The van der Waals surface area contributed by atoms with Gasteiger partial charge >= 0.3 is 0 Å². The predicted molar refractivity (Wildman–Crippen MR) is 105 cm³/mol. The maximum absolute atomic E-state index is 12.5. The molecule has 0 unspecified atom stereocenters. The van der Waals surface area contributed by atoms with Crippen molar-refractivity contribution in [3.63, 3.8) is 0 Å². The Kier molecular flexibility index (Phi) is 6.50. The number of sulfonamides is 1. The molecule has 26 heavy (non-hydrogen) atoms. The zero-order chi connectivity index (χ0) is 19.3. The largest absolute Gasteiger partial charge is 0.495 e. The molecule has 0 aliphatic heterocycles. The number of benzene rings is 2. The van der Waals surface area contributed by atoms with Gasteiger partial charge in [0.2, 0.25) is 15.9 Å². The third kappa shape index (κ3) is 4.89. The van der Waals surface area contributed by atoms with Gasteiger partial charge in [-0.05, 0) is 36.2 Å². The van der Waals surface area contributed by atoms with Crippen molar-refractivity contribution in [2.75, 3.05) is 29.5 Å². The Bertz CT molecular complexity index is 900. The first-order valence-corrected chi connectivity index (χ1v) is 10.2. The number of methoxy groups -OCH3 is 1. The lowest BCUT2D eigenvalue weighted by molar-refractivity contribution is -0.114. The molecule has 0 fully saturated rings. The maximum atomic E-state index is 12.5. The normalized spacial score (nSPS) is 11.1. The molecule has 0 saturated heterocycles. The van der Waals surface area contributed by atoms with Crippen LogP contribution < -0.4 is 14.4 Å².